The molecule has 0 unspecified atom stereocenters. The molecule has 0 saturated heterocycles. The monoisotopic (exact) mass is 194 g/mol. The molecule has 0 radical (unpaired) electrons. The molecule has 0 bridgehead atoms. The van der Waals surface area contributed by atoms with Crippen molar-refractivity contribution >= 4 is 0 Å². The molecule has 0 saturated carbocycles. The van der Waals surface area contributed by atoms with Crippen molar-refractivity contribution < 1.29 is 0 Å². The van der Waals surface area contributed by atoms with Crippen molar-refractivity contribution in [3.05, 3.63) is 58.7 Å². The Morgan fingerprint density at radius 1 is 0.867 bits per heavy atom. The van der Waals surface area contributed by atoms with Crippen molar-refractivity contribution in [3.63, 3.8) is 0 Å². The molecular formula is C15H14. The molecule has 0 heterocycles. The number of hydrogen-bond donors (Lipinski definition) is 0. The van der Waals surface area contributed by atoms with Gasteiger partial charge in [0.15, 0.2) is 0 Å². The van der Waals surface area contributed by atoms with Crippen molar-refractivity contribution in [2.75, 3.05) is 0 Å². The summed E-state index contributed by atoms with van der Waals surface area (Å²) in [5.74, 6) is 0. The number of hydrogen-bond acceptors (Lipinski definition) is 0. The van der Waals surface area contributed by atoms with E-state index in [0.29, 0.717) is 0 Å². The van der Waals surface area contributed by atoms with Gasteiger partial charge in [0.05, 0.1) is 0 Å². The molecule has 0 spiro atoms. The van der Waals surface area contributed by atoms with E-state index in [0.717, 1.165) is 6.42 Å². The lowest BCUT2D eigenvalue weighted by Gasteiger charge is -2.08. The summed E-state index contributed by atoms with van der Waals surface area (Å²) < 4.78 is 0. The summed E-state index contributed by atoms with van der Waals surface area (Å²) in [7, 11) is 0. The second kappa shape index (κ2) is 2.96. The van der Waals surface area contributed by atoms with Gasteiger partial charge >= 0.3 is 0 Å². The van der Waals surface area contributed by atoms with Gasteiger partial charge in [-0.25, -0.2) is 0 Å². The average Bonchev–Trinajstić information content (AvgIpc) is 2.62. The smallest absolute Gasteiger partial charge is 0.00133 e. The number of benzene rings is 2. The summed E-state index contributed by atoms with van der Waals surface area (Å²) in [4.78, 5) is 0. The zero-order chi connectivity index (χ0) is 10.4. The van der Waals surface area contributed by atoms with Crippen LogP contribution in [0, 0.1) is 13.8 Å². The van der Waals surface area contributed by atoms with Crippen molar-refractivity contribution in [1.29, 1.82) is 0 Å². The lowest BCUT2D eigenvalue weighted by Crippen LogP contribution is -1.87. The van der Waals surface area contributed by atoms with Crippen molar-refractivity contribution in [2.45, 2.75) is 20.3 Å². The van der Waals surface area contributed by atoms with E-state index in [2.05, 4.69) is 50.2 Å². The standard InChI is InChI=1S/C15H14/c1-10-7-8-13-9-12-5-3-4-6-14(12)15(13)11(10)2/h3-8H,9H2,1-2H3. The Morgan fingerprint density at radius 3 is 2.53 bits per heavy atom. The molecule has 0 fully saturated rings. The molecule has 74 valence electrons. The van der Waals surface area contributed by atoms with Gasteiger partial charge in [-0.05, 0) is 53.6 Å². The third kappa shape index (κ3) is 1.14. The summed E-state index contributed by atoms with van der Waals surface area (Å²) in [5.41, 5.74) is 8.71. The van der Waals surface area contributed by atoms with Gasteiger partial charge in [-0.1, -0.05) is 36.4 Å². The predicted octanol–water partition coefficient (Wildman–Crippen LogP) is 3.87. The normalized spacial score (nSPS) is 12.4. The summed E-state index contributed by atoms with van der Waals surface area (Å²) in [5, 5.41) is 0. The Bertz CT molecular complexity index is 536. The van der Waals surface area contributed by atoms with E-state index in [9.17, 15) is 0 Å². The Balaban J connectivity index is 2.36. The van der Waals surface area contributed by atoms with Crippen molar-refractivity contribution in [2.24, 2.45) is 0 Å². The van der Waals surface area contributed by atoms with Crippen LogP contribution in [0.15, 0.2) is 36.4 Å². The Hall–Kier alpha value is -1.56. The minimum absolute atomic E-state index is 1.10. The molecule has 3 rings (SSSR count). The van der Waals surface area contributed by atoms with Crippen LogP contribution in [0.1, 0.15) is 22.3 Å². The van der Waals surface area contributed by atoms with E-state index in [-0.39, 0.29) is 0 Å². The summed E-state index contributed by atoms with van der Waals surface area (Å²) in [6, 6.07) is 13.3. The van der Waals surface area contributed by atoms with E-state index in [1.54, 1.807) is 0 Å². The maximum Gasteiger partial charge on any atom is -0.00133 e. The SMILES string of the molecule is Cc1ccc2c(c1C)-c1ccccc1C2. The van der Waals surface area contributed by atoms with Gasteiger partial charge in [0, 0.05) is 0 Å². The fourth-order valence-electron chi connectivity index (χ4n) is 2.52. The lowest BCUT2D eigenvalue weighted by atomic mass is 9.97. The Labute approximate surface area is 90.6 Å². The molecular weight excluding hydrogens is 180 g/mol. The quantitative estimate of drug-likeness (QED) is 0.509. The van der Waals surface area contributed by atoms with Gasteiger partial charge in [0.25, 0.3) is 0 Å². The minimum atomic E-state index is 1.10. The Morgan fingerprint density at radius 2 is 1.67 bits per heavy atom. The van der Waals surface area contributed by atoms with Crippen LogP contribution < -0.4 is 0 Å². The minimum Gasteiger partial charge on any atom is -0.0619 e. The number of rotatable bonds is 0. The molecule has 15 heavy (non-hydrogen) atoms. The largest absolute Gasteiger partial charge is 0.0619 e. The maximum absolute atomic E-state index is 2.28. The first kappa shape index (κ1) is 8.72. The highest BCUT2D eigenvalue weighted by Crippen LogP contribution is 2.39. The zero-order valence-corrected chi connectivity index (χ0v) is 9.17. The van der Waals surface area contributed by atoms with Crippen LogP contribution in [0.4, 0.5) is 0 Å². The second-order valence-corrected chi connectivity index (χ2v) is 4.38. The summed E-state index contributed by atoms with van der Waals surface area (Å²) in [6.07, 6.45) is 1.10. The first-order chi connectivity index (χ1) is 7.27. The fourth-order valence-corrected chi connectivity index (χ4v) is 2.52. The van der Waals surface area contributed by atoms with Crippen LogP contribution in [0.25, 0.3) is 11.1 Å². The average molecular weight is 194 g/mol. The lowest BCUT2D eigenvalue weighted by molar-refractivity contribution is 1.24. The molecule has 2 aromatic rings. The molecule has 2 aromatic carbocycles. The fraction of sp³-hybridized carbons (Fsp3) is 0.200. The van der Waals surface area contributed by atoms with Crippen molar-refractivity contribution in [1.82, 2.24) is 0 Å². The van der Waals surface area contributed by atoms with Crippen LogP contribution in [-0.2, 0) is 6.42 Å². The van der Waals surface area contributed by atoms with Gasteiger partial charge in [-0.3, -0.25) is 0 Å². The predicted molar refractivity (Wildman–Crippen MR) is 64.2 cm³/mol. The van der Waals surface area contributed by atoms with Crippen LogP contribution >= 0.6 is 0 Å². The van der Waals surface area contributed by atoms with E-state index in [1.807, 2.05) is 0 Å². The van der Waals surface area contributed by atoms with E-state index in [1.165, 1.54) is 33.4 Å². The highest BCUT2D eigenvalue weighted by atomic mass is 14.2. The van der Waals surface area contributed by atoms with Crippen LogP contribution in [0.5, 0.6) is 0 Å². The molecule has 0 heteroatoms. The van der Waals surface area contributed by atoms with Gasteiger partial charge in [-0.2, -0.15) is 0 Å². The van der Waals surface area contributed by atoms with Crippen LogP contribution in [-0.4, -0.2) is 0 Å². The zero-order valence-electron chi connectivity index (χ0n) is 9.17. The van der Waals surface area contributed by atoms with Gasteiger partial charge in [0.2, 0.25) is 0 Å². The number of fused-ring (bicyclic) bond motifs is 3. The maximum atomic E-state index is 2.28. The molecule has 0 nitrogen and oxygen atoms in total. The van der Waals surface area contributed by atoms with Crippen LogP contribution in [0.3, 0.4) is 0 Å². The molecule has 0 aliphatic heterocycles. The third-order valence-corrected chi connectivity index (χ3v) is 3.49. The summed E-state index contributed by atoms with van der Waals surface area (Å²) >= 11 is 0. The highest BCUT2D eigenvalue weighted by Gasteiger charge is 2.19. The highest BCUT2D eigenvalue weighted by molar-refractivity contribution is 5.80. The van der Waals surface area contributed by atoms with E-state index < -0.39 is 0 Å². The third-order valence-electron chi connectivity index (χ3n) is 3.49. The van der Waals surface area contributed by atoms with Crippen molar-refractivity contribution in [3.8, 4) is 11.1 Å². The second-order valence-electron chi connectivity index (χ2n) is 4.38. The first-order valence-corrected chi connectivity index (χ1v) is 5.45. The molecule has 1 aliphatic rings. The molecule has 1 aliphatic carbocycles. The number of aryl methyl sites for hydroxylation is 1. The van der Waals surface area contributed by atoms with Crippen LogP contribution in [0.2, 0.25) is 0 Å². The van der Waals surface area contributed by atoms with E-state index >= 15 is 0 Å². The van der Waals surface area contributed by atoms with Gasteiger partial charge in [-0.15, -0.1) is 0 Å². The topological polar surface area (TPSA) is 0 Å². The molecule has 0 N–H and O–H groups in total. The Kier molecular flexibility index (Phi) is 1.72. The first-order valence-electron chi connectivity index (χ1n) is 5.45. The van der Waals surface area contributed by atoms with Gasteiger partial charge < -0.3 is 0 Å². The molecule has 0 amide bonds. The van der Waals surface area contributed by atoms with E-state index in [4.69, 9.17) is 0 Å². The molecule has 0 atom stereocenters. The summed E-state index contributed by atoms with van der Waals surface area (Å²) in [6.45, 7) is 4.42. The molecule has 0 aromatic heterocycles. The van der Waals surface area contributed by atoms with Gasteiger partial charge in [0.1, 0.15) is 0 Å².